The third kappa shape index (κ3) is 3.74. The number of anilines is 1. The van der Waals surface area contributed by atoms with Crippen LogP contribution in [-0.4, -0.2) is 27.3 Å². The van der Waals surface area contributed by atoms with Crippen molar-refractivity contribution < 1.29 is 8.42 Å². The molecule has 0 saturated carbocycles. The molecule has 1 aliphatic heterocycles. The Morgan fingerprint density at radius 1 is 1.14 bits per heavy atom. The largest absolute Gasteiger partial charge is 0.316 e. The normalized spacial score (nSPS) is 19.5. The van der Waals surface area contributed by atoms with Crippen LogP contribution in [0, 0.1) is 5.92 Å². The number of benzene rings is 2. The van der Waals surface area contributed by atoms with Crippen LogP contribution in [0.4, 0.5) is 5.69 Å². The summed E-state index contributed by atoms with van der Waals surface area (Å²) in [6.45, 7) is 1.79. The summed E-state index contributed by atoms with van der Waals surface area (Å²) in [4.78, 5) is 0. The highest BCUT2D eigenvalue weighted by atomic mass is 32.2. The average Bonchev–Trinajstić information content (AvgIpc) is 2.47. The van der Waals surface area contributed by atoms with Gasteiger partial charge in [-0.05, 0) is 54.8 Å². The number of hydrogen-bond donors (Lipinski definition) is 2. The van der Waals surface area contributed by atoms with Crippen molar-refractivity contribution in [1.82, 2.24) is 5.32 Å². The topological polar surface area (TPSA) is 58.2 Å². The fourth-order valence-corrected chi connectivity index (χ4v) is 4.33. The van der Waals surface area contributed by atoms with Crippen LogP contribution in [0.5, 0.6) is 0 Å². The molecule has 2 N–H and O–H groups in total. The van der Waals surface area contributed by atoms with Gasteiger partial charge in [-0.25, -0.2) is 8.42 Å². The molecule has 0 amide bonds. The Hall–Kier alpha value is -1.59. The molecule has 1 atom stereocenters. The predicted octanol–water partition coefficient (Wildman–Crippen LogP) is 2.58. The zero-order valence-electron chi connectivity index (χ0n) is 11.9. The molecule has 3 rings (SSSR count). The molecule has 5 heteroatoms. The third-order valence-electron chi connectivity index (χ3n) is 3.88. The van der Waals surface area contributed by atoms with E-state index in [4.69, 9.17) is 0 Å². The van der Waals surface area contributed by atoms with Gasteiger partial charge < -0.3 is 5.32 Å². The third-order valence-corrected chi connectivity index (χ3v) is 5.33. The number of rotatable bonds is 4. The first-order valence-corrected chi connectivity index (χ1v) is 8.98. The fraction of sp³-hybridized carbons (Fsp3) is 0.375. The Kier molecular flexibility index (Phi) is 4.12. The highest BCUT2D eigenvalue weighted by Gasteiger charge is 2.21. The molecule has 112 valence electrons. The summed E-state index contributed by atoms with van der Waals surface area (Å²) < 4.78 is 27.2. The van der Waals surface area contributed by atoms with Crippen LogP contribution in [0.3, 0.4) is 0 Å². The lowest BCUT2D eigenvalue weighted by Crippen LogP contribution is -2.35. The predicted molar refractivity (Wildman–Crippen MR) is 87.0 cm³/mol. The van der Waals surface area contributed by atoms with Gasteiger partial charge in [0.05, 0.1) is 5.75 Å². The molecule has 1 unspecified atom stereocenters. The lowest BCUT2D eigenvalue weighted by atomic mass is 10.0. The highest BCUT2D eigenvalue weighted by Crippen LogP contribution is 2.21. The molecule has 2 aromatic carbocycles. The quantitative estimate of drug-likeness (QED) is 0.913. The van der Waals surface area contributed by atoms with Crippen LogP contribution in [0.25, 0.3) is 10.8 Å². The number of sulfonamides is 1. The Balaban J connectivity index is 1.73. The molecule has 1 saturated heterocycles. The summed E-state index contributed by atoms with van der Waals surface area (Å²) in [7, 11) is -3.29. The summed E-state index contributed by atoms with van der Waals surface area (Å²) in [5, 5.41) is 5.40. The molecule has 1 aliphatic rings. The minimum Gasteiger partial charge on any atom is -0.316 e. The van der Waals surface area contributed by atoms with Crippen molar-refractivity contribution in [3.63, 3.8) is 0 Å². The van der Waals surface area contributed by atoms with Crippen LogP contribution < -0.4 is 10.0 Å². The van der Waals surface area contributed by atoms with Crippen molar-refractivity contribution in [3.8, 4) is 0 Å². The van der Waals surface area contributed by atoms with Crippen LogP contribution >= 0.6 is 0 Å². The Morgan fingerprint density at radius 2 is 1.95 bits per heavy atom. The van der Waals surface area contributed by atoms with Gasteiger partial charge in [0.25, 0.3) is 0 Å². The van der Waals surface area contributed by atoms with Gasteiger partial charge in [0.2, 0.25) is 10.0 Å². The van der Waals surface area contributed by atoms with Gasteiger partial charge >= 0.3 is 0 Å². The second-order valence-electron chi connectivity index (χ2n) is 5.66. The molecule has 21 heavy (non-hydrogen) atoms. The standard InChI is InChI=1S/C16H20N2O2S/c19-21(20,12-13-4-3-9-17-11-13)18-16-8-7-14-5-1-2-6-15(14)10-16/h1-2,5-8,10,13,17-18H,3-4,9,11-12H2. The molecule has 0 radical (unpaired) electrons. The second-order valence-corrected chi connectivity index (χ2v) is 7.42. The number of hydrogen-bond acceptors (Lipinski definition) is 3. The molecule has 1 heterocycles. The maximum atomic E-state index is 12.3. The molecule has 0 spiro atoms. The monoisotopic (exact) mass is 304 g/mol. The first-order chi connectivity index (χ1) is 10.1. The Bertz CT molecular complexity index is 722. The van der Waals surface area contributed by atoms with E-state index in [0.29, 0.717) is 5.69 Å². The van der Waals surface area contributed by atoms with Crippen molar-refractivity contribution in [1.29, 1.82) is 0 Å². The molecule has 0 aromatic heterocycles. The zero-order chi connectivity index (χ0) is 14.7. The van der Waals surface area contributed by atoms with E-state index in [1.165, 1.54) is 0 Å². The zero-order valence-corrected chi connectivity index (χ0v) is 12.7. The van der Waals surface area contributed by atoms with Crippen molar-refractivity contribution in [3.05, 3.63) is 42.5 Å². The molecular weight excluding hydrogens is 284 g/mol. The average molecular weight is 304 g/mol. The van der Waals surface area contributed by atoms with Gasteiger partial charge in [-0.3, -0.25) is 4.72 Å². The van der Waals surface area contributed by atoms with Crippen LogP contribution in [0.2, 0.25) is 0 Å². The minimum atomic E-state index is -3.29. The summed E-state index contributed by atoms with van der Waals surface area (Å²) >= 11 is 0. The van der Waals surface area contributed by atoms with Crippen LogP contribution in [0.1, 0.15) is 12.8 Å². The summed E-state index contributed by atoms with van der Waals surface area (Å²) in [5.74, 6) is 0.393. The summed E-state index contributed by atoms with van der Waals surface area (Å²) in [6.07, 6.45) is 2.03. The van der Waals surface area contributed by atoms with E-state index in [-0.39, 0.29) is 11.7 Å². The lowest BCUT2D eigenvalue weighted by molar-refractivity contribution is 0.404. The molecule has 1 fully saturated rings. The van der Waals surface area contributed by atoms with Crippen molar-refractivity contribution in [2.24, 2.45) is 5.92 Å². The Morgan fingerprint density at radius 3 is 2.71 bits per heavy atom. The van der Waals surface area contributed by atoms with E-state index >= 15 is 0 Å². The number of nitrogens with one attached hydrogen (secondary N) is 2. The van der Waals surface area contributed by atoms with Crippen molar-refractivity contribution in [2.45, 2.75) is 12.8 Å². The highest BCUT2D eigenvalue weighted by molar-refractivity contribution is 7.92. The van der Waals surface area contributed by atoms with Gasteiger partial charge in [0.15, 0.2) is 0 Å². The molecule has 0 aliphatic carbocycles. The van der Waals surface area contributed by atoms with E-state index in [0.717, 1.165) is 36.7 Å². The first-order valence-electron chi connectivity index (χ1n) is 7.32. The van der Waals surface area contributed by atoms with E-state index in [2.05, 4.69) is 10.0 Å². The number of fused-ring (bicyclic) bond motifs is 1. The first kappa shape index (κ1) is 14.4. The maximum Gasteiger partial charge on any atom is 0.233 e. The van der Waals surface area contributed by atoms with E-state index in [1.54, 1.807) is 0 Å². The van der Waals surface area contributed by atoms with Gasteiger partial charge in [0, 0.05) is 5.69 Å². The summed E-state index contributed by atoms with van der Waals surface area (Å²) in [5.41, 5.74) is 0.637. The lowest BCUT2D eigenvalue weighted by Gasteiger charge is -2.22. The van der Waals surface area contributed by atoms with Gasteiger partial charge in [-0.2, -0.15) is 0 Å². The summed E-state index contributed by atoms with van der Waals surface area (Å²) in [6, 6.07) is 13.6. The van der Waals surface area contributed by atoms with Gasteiger partial charge in [-0.15, -0.1) is 0 Å². The van der Waals surface area contributed by atoms with E-state index in [1.807, 2.05) is 42.5 Å². The van der Waals surface area contributed by atoms with Crippen LogP contribution in [0.15, 0.2) is 42.5 Å². The van der Waals surface area contributed by atoms with E-state index < -0.39 is 10.0 Å². The van der Waals surface area contributed by atoms with Gasteiger partial charge in [-0.1, -0.05) is 30.3 Å². The minimum absolute atomic E-state index is 0.187. The van der Waals surface area contributed by atoms with Gasteiger partial charge in [0.1, 0.15) is 0 Å². The fourth-order valence-electron chi connectivity index (χ4n) is 2.85. The Labute approximate surface area is 125 Å². The van der Waals surface area contributed by atoms with E-state index in [9.17, 15) is 8.42 Å². The van der Waals surface area contributed by atoms with Crippen molar-refractivity contribution >= 4 is 26.5 Å². The molecule has 0 bridgehead atoms. The number of piperidine rings is 1. The molecular formula is C16H20N2O2S. The molecule has 2 aromatic rings. The SMILES string of the molecule is O=S(=O)(CC1CCCNC1)Nc1ccc2ccccc2c1. The smallest absolute Gasteiger partial charge is 0.233 e. The molecule has 4 nitrogen and oxygen atoms in total. The second kappa shape index (κ2) is 6.03. The van der Waals surface area contributed by atoms with Crippen LogP contribution in [-0.2, 0) is 10.0 Å². The van der Waals surface area contributed by atoms with Crippen molar-refractivity contribution in [2.75, 3.05) is 23.6 Å². The maximum absolute atomic E-state index is 12.3.